The Morgan fingerprint density at radius 2 is 2.60 bits per heavy atom. The van der Waals surface area contributed by atoms with Crippen molar-refractivity contribution in [3.63, 3.8) is 0 Å². The summed E-state index contributed by atoms with van der Waals surface area (Å²) in [4.78, 5) is 0. The maximum absolute atomic E-state index is 10.6. The first-order chi connectivity index (χ1) is 4.79. The molecule has 0 aromatic heterocycles. The Morgan fingerprint density at radius 3 is 3.10 bits per heavy atom. The second kappa shape index (κ2) is 3.79. The van der Waals surface area contributed by atoms with Crippen molar-refractivity contribution >= 4 is 8.03 Å². The van der Waals surface area contributed by atoms with Gasteiger partial charge in [-0.1, -0.05) is 0 Å². The second-order valence-electron chi connectivity index (χ2n) is 2.22. The van der Waals surface area contributed by atoms with E-state index in [1.54, 1.807) is 6.66 Å². The van der Waals surface area contributed by atoms with Crippen LogP contribution in [0.4, 0.5) is 0 Å². The van der Waals surface area contributed by atoms with E-state index in [1.807, 2.05) is 6.08 Å². The molecule has 10 heavy (non-hydrogen) atoms. The van der Waals surface area contributed by atoms with Gasteiger partial charge in [0.05, 0.1) is 0 Å². The van der Waals surface area contributed by atoms with Gasteiger partial charge in [-0.25, -0.2) is 0 Å². The van der Waals surface area contributed by atoms with E-state index in [-0.39, 0.29) is 0 Å². The zero-order valence-electron chi connectivity index (χ0n) is 6.02. The number of hydrogen-bond acceptors (Lipinski definition) is 3. The van der Waals surface area contributed by atoms with Crippen LogP contribution in [0.3, 0.4) is 0 Å². The Labute approximate surface area is 61.3 Å². The van der Waals surface area contributed by atoms with E-state index in [9.17, 15) is 4.57 Å². The van der Waals surface area contributed by atoms with E-state index in [0.717, 1.165) is 25.3 Å². The summed E-state index contributed by atoms with van der Waals surface area (Å²) in [6, 6.07) is 0. The van der Waals surface area contributed by atoms with Crippen LogP contribution in [0.5, 0.6) is 0 Å². The van der Waals surface area contributed by atoms with Crippen molar-refractivity contribution < 1.29 is 9.09 Å². The molecule has 1 N–H and O–H groups in total. The molecule has 4 heteroatoms. The second-order valence-corrected chi connectivity index (χ2v) is 3.41. The van der Waals surface area contributed by atoms with Crippen LogP contribution in [0, 0.1) is 0 Å². The van der Waals surface area contributed by atoms with Crippen LogP contribution >= 0.6 is 8.03 Å². The first kappa shape index (κ1) is 7.83. The molecule has 1 rings (SSSR count). The van der Waals surface area contributed by atoms with E-state index in [2.05, 4.69) is 5.32 Å². The summed E-state index contributed by atoms with van der Waals surface area (Å²) in [6.07, 6.45) is 2.81. The Balaban J connectivity index is 2.38. The van der Waals surface area contributed by atoms with E-state index < -0.39 is 8.03 Å². The molecule has 0 saturated heterocycles. The van der Waals surface area contributed by atoms with E-state index in [4.69, 9.17) is 4.52 Å². The predicted octanol–water partition coefficient (Wildman–Crippen LogP) is 0.985. The first-order valence-corrected chi connectivity index (χ1v) is 5.19. The highest BCUT2D eigenvalue weighted by atomic mass is 31.1. The normalized spacial score (nSPS) is 21.5. The number of nitrogens with one attached hydrogen (secondary N) is 1. The molecule has 1 heterocycles. The lowest BCUT2D eigenvalue weighted by molar-refractivity contribution is 0.396. The molecule has 1 atom stereocenters. The highest BCUT2D eigenvalue weighted by Crippen LogP contribution is 2.23. The van der Waals surface area contributed by atoms with E-state index >= 15 is 0 Å². The minimum atomic E-state index is -1.78. The van der Waals surface area contributed by atoms with Gasteiger partial charge in [-0.3, -0.25) is 4.57 Å². The molecule has 1 unspecified atom stereocenters. The lowest BCUT2D eigenvalue weighted by Crippen LogP contribution is -2.20. The van der Waals surface area contributed by atoms with Gasteiger partial charge < -0.3 is 9.84 Å². The highest BCUT2D eigenvalue weighted by molar-refractivity contribution is 7.38. The average molecular weight is 161 g/mol. The van der Waals surface area contributed by atoms with Crippen molar-refractivity contribution in [3.05, 3.63) is 11.8 Å². The van der Waals surface area contributed by atoms with Crippen molar-refractivity contribution in [2.24, 2.45) is 0 Å². The molecule has 0 amide bonds. The van der Waals surface area contributed by atoms with Gasteiger partial charge in [0.15, 0.2) is 0 Å². The third-order valence-corrected chi connectivity index (χ3v) is 1.85. The van der Waals surface area contributed by atoms with Gasteiger partial charge >= 0.3 is 0 Å². The van der Waals surface area contributed by atoms with Crippen LogP contribution in [0.1, 0.15) is 6.42 Å². The van der Waals surface area contributed by atoms with Crippen LogP contribution in [-0.4, -0.2) is 19.8 Å². The summed E-state index contributed by atoms with van der Waals surface area (Å²) in [5, 5.41) is 3.14. The fourth-order valence-corrected chi connectivity index (χ4v) is 1.43. The maximum atomic E-state index is 10.6. The fraction of sp³-hybridized carbons (Fsp3) is 0.667. The van der Waals surface area contributed by atoms with E-state index in [1.165, 1.54) is 0 Å². The molecule has 0 spiro atoms. The lowest BCUT2D eigenvalue weighted by Gasteiger charge is -2.13. The number of rotatable bonds is 2. The summed E-state index contributed by atoms with van der Waals surface area (Å²) >= 11 is 0. The van der Waals surface area contributed by atoms with Crippen LogP contribution < -0.4 is 5.32 Å². The van der Waals surface area contributed by atoms with Gasteiger partial charge in [0.25, 0.3) is 0 Å². The Kier molecular flexibility index (Phi) is 2.97. The molecule has 0 bridgehead atoms. The predicted molar refractivity (Wildman–Crippen MR) is 41.6 cm³/mol. The minimum absolute atomic E-state index is 0.838. The zero-order chi connectivity index (χ0) is 7.40. The SMILES string of the molecule is C[PH](=O)OC1=CCNCC1. The van der Waals surface area contributed by atoms with Gasteiger partial charge in [-0.15, -0.1) is 0 Å². The lowest BCUT2D eigenvalue weighted by atomic mass is 10.3. The summed E-state index contributed by atoms with van der Waals surface area (Å²) < 4.78 is 15.7. The third kappa shape index (κ3) is 2.54. The molecule has 58 valence electrons. The van der Waals surface area contributed by atoms with Gasteiger partial charge in [0.2, 0.25) is 8.03 Å². The molecule has 1 aliphatic heterocycles. The fourth-order valence-electron chi connectivity index (χ4n) is 0.879. The van der Waals surface area contributed by atoms with Crippen molar-refractivity contribution in [3.8, 4) is 0 Å². The summed E-state index contributed by atoms with van der Waals surface area (Å²) in [5.41, 5.74) is 0. The van der Waals surface area contributed by atoms with Crippen molar-refractivity contribution in [1.82, 2.24) is 5.32 Å². The van der Waals surface area contributed by atoms with Crippen LogP contribution in [0.25, 0.3) is 0 Å². The molecule has 0 fully saturated rings. The van der Waals surface area contributed by atoms with Gasteiger partial charge in [-0.05, 0) is 6.08 Å². The summed E-state index contributed by atoms with van der Waals surface area (Å²) in [7, 11) is -1.78. The van der Waals surface area contributed by atoms with Gasteiger partial charge in [-0.2, -0.15) is 0 Å². The third-order valence-electron chi connectivity index (χ3n) is 1.30. The molecular weight excluding hydrogens is 149 g/mol. The van der Waals surface area contributed by atoms with Gasteiger partial charge in [0, 0.05) is 26.2 Å². The molecule has 0 radical (unpaired) electrons. The van der Waals surface area contributed by atoms with Gasteiger partial charge in [0.1, 0.15) is 5.76 Å². The standard InChI is InChI=1S/C6H12NO2P/c1-10(8)9-6-2-4-7-5-3-6/h2,7,10H,3-5H2,1H3. The Hall–Kier alpha value is -0.270. The van der Waals surface area contributed by atoms with Crippen molar-refractivity contribution in [2.45, 2.75) is 6.42 Å². The number of hydrogen-bond donors (Lipinski definition) is 1. The molecule has 3 nitrogen and oxygen atoms in total. The summed E-state index contributed by atoms with van der Waals surface area (Å²) in [5.74, 6) is 0.880. The average Bonchev–Trinajstić information content (AvgIpc) is 1.88. The first-order valence-electron chi connectivity index (χ1n) is 3.37. The van der Waals surface area contributed by atoms with E-state index in [0.29, 0.717) is 0 Å². The summed E-state index contributed by atoms with van der Waals surface area (Å²) in [6.45, 7) is 3.37. The zero-order valence-corrected chi connectivity index (χ0v) is 7.02. The van der Waals surface area contributed by atoms with Crippen LogP contribution in [0.2, 0.25) is 0 Å². The van der Waals surface area contributed by atoms with Crippen molar-refractivity contribution in [1.29, 1.82) is 0 Å². The Bertz CT molecular complexity index is 167. The monoisotopic (exact) mass is 161 g/mol. The topological polar surface area (TPSA) is 38.3 Å². The van der Waals surface area contributed by atoms with Crippen LogP contribution in [-0.2, 0) is 9.09 Å². The smallest absolute Gasteiger partial charge is 0.233 e. The molecule has 1 aliphatic rings. The molecule has 0 aliphatic carbocycles. The van der Waals surface area contributed by atoms with Crippen molar-refractivity contribution in [2.75, 3.05) is 19.8 Å². The molecule has 0 aromatic rings. The maximum Gasteiger partial charge on any atom is 0.233 e. The molecular formula is C6H12NO2P. The van der Waals surface area contributed by atoms with Crippen LogP contribution in [0.15, 0.2) is 11.8 Å². The molecule has 0 aromatic carbocycles. The Morgan fingerprint density at radius 1 is 1.80 bits per heavy atom. The quantitative estimate of drug-likeness (QED) is 0.613. The minimum Gasteiger partial charge on any atom is -0.450 e. The molecule has 0 saturated carbocycles. The highest BCUT2D eigenvalue weighted by Gasteiger charge is 2.03. The largest absolute Gasteiger partial charge is 0.450 e.